The first-order chi connectivity index (χ1) is 8.91. The predicted octanol–water partition coefficient (Wildman–Crippen LogP) is 4.02. The van der Waals surface area contributed by atoms with Crippen LogP contribution in [0.5, 0.6) is 0 Å². The van der Waals surface area contributed by atoms with Crippen molar-refractivity contribution in [1.82, 2.24) is 4.98 Å². The van der Waals surface area contributed by atoms with Gasteiger partial charge in [-0.2, -0.15) is 0 Å². The first kappa shape index (κ1) is 13.6. The predicted molar refractivity (Wildman–Crippen MR) is 81.4 cm³/mol. The Kier molecular flexibility index (Phi) is 3.25. The zero-order chi connectivity index (χ0) is 13.7. The average molecular weight is 278 g/mol. The molecule has 1 heterocycles. The quantitative estimate of drug-likeness (QED) is 0.842. The van der Waals surface area contributed by atoms with E-state index >= 15 is 0 Å². The highest BCUT2D eigenvalue weighted by Gasteiger charge is 2.44. The van der Waals surface area contributed by atoms with Crippen LogP contribution < -0.4 is 5.73 Å². The van der Waals surface area contributed by atoms with Crippen molar-refractivity contribution in [3.05, 3.63) is 15.6 Å². The molecule has 19 heavy (non-hydrogen) atoms. The lowest BCUT2D eigenvalue weighted by Gasteiger charge is -2.45. The van der Waals surface area contributed by atoms with E-state index in [2.05, 4.69) is 20.8 Å². The van der Waals surface area contributed by atoms with Crippen LogP contribution in [0.25, 0.3) is 0 Å². The minimum Gasteiger partial charge on any atom is -0.319 e. The Morgan fingerprint density at radius 2 is 1.95 bits per heavy atom. The highest BCUT2D eigenvalue weighted by Crippen LogP contribution is 2.48. The normalized spacial score (nSPS) is 34.0. The van der Waals surface area contributed by atoms with Gasteiger partial charge in [-0.05, 0) is 56.3 Å². The molecule has 1 aromatic rings. The summed E-state index contributed by atoms with van der Waals surface area (Å²) in [7, 11) is 0. The van der Waals surface area contributed by atoms with E-state index in [0.717, 1.165) is 6.42 Å². The lowest BCUT2D eigenvalue weighted by Crippen LogP contribution is -2.48. The molecule has 2 atom stereocenters. The molecule has 0 spiro atoms. The maximum Gasteiger partial charge on any atom is 0.113 e. The lowest BCUT2D eigenvalue weighted by atomic mass is 9.64. The van der Waals surface area contributed by atoms with Crippen molar-refractivity contribution < 1.29 is 0 Å². The summed E-state index contributed by atoms with van der Waals surface area (Å²) in [5, 5.41) is 1.22. The Balaban J connectivity index is 1.90. The molecule has 1 aromatic heterocycles. The minimum absolute atomic E-state index is 0.169. The first-order valence-electron chi connectivity index (χ1n) is 7.69. The molecule has 2 unspecified atom stereocenters. The van der Waals surface area contributed by atoms with E-state index in [0.29, 0.717) is 11.3 Å². The van der Waals surface area contributed by atoms with Gasteiger partial charge in [0, 0.05) is 4.88 Å². The highest BCUT2D eigenvalue weighted by atomic mass is 32.1. The van der Waals surface area contributed by atoms with E-state index < -0.39 is 0 Å². The number of nitrogens with two attached hydrogens (primary N) is 1. The first-order valence-corrected chi connectivity index (χ1v) is 8.50. The average Bonchev–Trinajstić information content (AvgIpc) is 2.78. The van der Waals surface area contributed by atoms with Crippen LogP contribution in [0.3, 0.4) is 0 Å². The third kappa shape index (κ3) is 2.36. The Morgan fingerprint density at radius 3 is 2.63 bits per heavy atom. The number of hydrogen-bond acceptors (Lipinski definition) is 3. The number of aryl methyl sites for hydroxylation is 2. The summed E-state index contributed by atoms with van der Waals surface area (Å²) in [4.78, 5) is 6.45. The van der Waals surface area contributed by atoms with Crippen molar-refractivity contribution in [3.8, 4) is 0 Å². The van der Waals surface area contributed by atoms with E-state index in [1.165, 1.54) is 54.1 Å². The van der Waals surface area contributed by atoms with Crippen molar-refractivity contribution in [2.75, 3.05) is 0 Å². The van der Waals surface area contributed by atoms with E-state index in [1.807, 2.05) is 11.3 Å². The molecule has 2 nitrogen and oxygen atoms in total. The van der Waals surface area contributed by atoms with Gasteiger partial charge in [-0.3, -0.25) is 0 Å². The second-order valence-corrected chi connectivity index (χ2v) is 8.49. The van der Waals surface area contributed by atoms with Crippen molar-refractivity contribution in [2.24, 2.45) is 17.1 Å². The zero-order valence-electron chi connectivity index (χ0n) is 12.5. The third-order valence-electron chi connectivity index (χ3n) is 5.20. The summed E-state index contributed by atoms with van der Waals surface area (Å²) in [5.74, 6) is 0.531. The molecule has 3 rings (SSSR count). The second-order valence-electron chi connectivity index (χ2n) is 7.41. The smallest absolute Gasteiger partial charge is 0.113 e. The highest BCUT2D eigenvalue weighted by molar-refractivity contribution is 7.11. The molecule has 0 aromatic carbocycles. The molecule has 0 bridgehead atoms. The van der Waals surface area contributed by atoms with Gasteiger partial charge in [0.2, 0.25) is 0 Å². The standard InChI is InChI=1S/C16H26N2S/c1-11-10-15(2,3)8-9-16(11,17)14-18-12-6-4-5-7-13(12)19-14/h11H,4-10,17H2,1-3H3. The maximum absolute atomic E-state index is 6.80. The van der Waals surface area contributed by atoms with E-state index in [9.17, 15) is 0 Å². The molecule has 2 aliphatic rings. The SMILES string of the molecule is CC1CC(C)(C)CCC1(N)c1nc2c(s1)CCCC2. The van der Waals surface area contributed by atoms with Crippen LogP contribution in [0.2, 0.25) is 0 Å². The van der Waals surface area contributed by atoms with Crippen LogP contribution in [0.4, 0.5) is 0 Å². The molecule has 2 aliphatic carbocycles. The molecule has 106 valence electrons. The van der Waals surface area contributed by atoms with Crippen LogP contribution in [0.1, 0.15) is 68.5 Å². The second kappa shape index (κ2) is 4.56. The Morgan fingerprint density at radius 1 is 1.21 bits per heavy atom. The largest absolute Gasteiger partial charge is 0.319 e. The van der Waals surface area contributed by atoms with Crippen molar-refractivity contribution in [1.29, 1.82) is 0 Å². The Bertz CT molecular complexity index is 454. The molecular formula is C16H26N2S. The monoisotopic (exact) mass is 278 g/mol. The molecule has 0 aliphatic heterocycles. The van der Waals surface area contributed by atoms with Gasteiger partial charge in [-0.15, -0.1) is 11.3 Å². The number of thiazole rings is 1. The van der Waals surface area contributed by atoms with Crippen LogP contribution in [0.15, 0.2) is 0 Å². The summed E-state index contributed by atoms with van der Waals surface area (Å²) in [5.41, 5.74) is 8.43. The van der Waals surface area contributed by atoms with Gasteiger partial charge in [0.15, 0.2) is 0 Å². The zero-order valence-corrected chi connectivity index (χ0v) is 13.3. The van der Waals surface area contributed by atoms with Crippen LogP contribution in [0, 0.1) is 11.3 Å². The molecule has 3 heteroatoms. The van der Waals surface area contributed by atoms with Gasteiger partial charge < -0.3 is 5.73 Å². The fraction of sp³-hybridized carbons (Fsp3) is 0.812. The van der Waals surface area contributed by atoms with Crippen LogP contribution in [-0.2, 0) is 18.4 Å². The third-order valence-corrected chi connectivity index (χ3v) is 6.55. The fourth-order valence-electron chi connectivity index (χ4n) is 3.77. The van der Waals surface area contributed by atoms with Gasteiger partial charge in [0.1, 0.15) is 5.01 Å². The topological polar surface area (TPSA) is 38.9 Å². The van der Waals surface area contributed by atoms with Gasteiger partial charge >= 0.3 is 0 Å². The maximum atomic E-state index is 6.80. The van der Waals surface area contributed by atoms with E-state index in [-0.39, 0.29) is 5.54 Å². The van der Waals surface area contributed by atoms with Crippen LogP contribution >= 0.6 is 11.3 Å². The molecule has 1 saturated carbocycles. The van der Waals surface area contributed by atoms with Crippen molar-refractivity contribution >= 4 is 11.3 Å². The summed E-state index contributed by atoms with van der Waals surface area (Å²) in [6, 6.07) is 0. The van der Waals surface area contributed by atoms with Crippen molar-refractivity contribution in [2.45, 2.75) is 71.3 Å². The molecule has 2 N–H and O–H groups in total. The molecule has 0 amide bonds. The Labute approximate surface area is 120 Å². The van der Waals surface area contributed by atoms with Gasteiger partial charge in [-0.25, -0.2) is 4.98 Å². The van der Waals surface area contributed by atoms with E-state index in [4.69, 9.17) is 10.7 Å². The number of hydrogen-bond donors (Lipinski definition) is 1. The number of fused-ring (bicyclic) bond motifs is 1. The molecule has 0 saturated heterocycles. The van der Waals surface area contributed by atoms with Gasteiger partial charge in [0.05, 0.1) is 11.2 Å². The van der Waals surface area contributed by atoms with E-state index in [1.54, 1.807) is 0 Å². The van der Waals surface area contributed by atoms with Crippen molar-refractivity contribution in [3.63, 3.8) is 0 Å². The minimum atomic E-state index is -0.169. The van der Waals surface area contributed by atoms with Gasteiger partial charge in [-0.1, -0.05) is 20.8 Å². The summed E-state index contributed by atoms with van der Waals surface area (Å²) in [6.07, 6.45) is 8.55. The fourth-order valence-corrected chi connectivity index (χ4v) is 5.17. The lowest BCUT2D eigenvalue weighted by molar-refractivity contribution is 0.101. The number of nitrogens with zero attached hydrogens (tertiary/aromatic N) is 1. The number of aromatic nitrogens is 1. The van der Waals surface area contributed by atoms with Crippen LogP contribution in [-0.4, -0.2) is 4.98 Å². The van der Waals surface area contributed by atoms with Gasteiger partial charge in [0.25, 0.3) is 0 Å². The Hall–Kier alpha value is -0.410. The number of rotatable bonds is 1. The summed E-state index contributed by atoms with van der Waals surface area (Å²) < 4.78 is 0. The summed E-state index contributed by atoms with van der Waals surface area (Å²) >= 11 is 1.91. The molecular weight excluding hydrogens is 252 g/mol. The summed E-state index contributed by atoms with van der Waals surface area (Å²) in [6.45, 7) is 7.06. The molecule has 1 fully saturated rings. The molecule has 0 radical (unpaired) electrons.